The maximum absolute atomic E-state index is 12.5. The molecule has 1 aliphatic heterocycles. The maximum atomic E-state index is 12.5. The van der Waals surface area contributed by atoms with E-state index >= 15 is 0 Å². The molecule has 21 heavy (non-hydrogen) atoms. The molecule has 0 aromatic carbocycles. The molecular formula is C15H27NO5. The molecule has 0 aromatic heterocycles. The van der Waals surface area contributed by atoms with Crippen LogP contribution in [0.25, 0.3) is 0 Å². The molecule has 0 radical (unpaired) electrons. The number of hydrogen-bond acceptors (Lipinski definition) is 4. The number of morpholine rings is 1. The molecule has 0 aromatic rings. The van der Waals surface area contributed by atoms with Crippen LogP contribution in [0, 0.1) is 5.41 Å². The van der Waals surface area contributed by atoms with Crippen LogP contribution in [0.2, 0.25) is 0 Å². The highest BCUT2D eigenvalue weighted by atomic mass is 16.5. The summed E-state index contributed by atoms with van der Waals surface area (Å²) in [5.41, 5.74) is -1.54. The summed E-state index contributed by atoms with van der Waals surface area (Å²) in [6.07, 6.45) is 0.410. The van der Waals surface area contributed by atoms with Crippen molar-refractivity contribution in [1.29, 1.82) is 0 Å². The minimum Gasteiger partial charge on any atom is -0.481 e. The normalized spacial score (nSPS) is 22.1. The first kappa shape index (κ1) is 17.9. The number of aliphatic hydroxyl groups excluding tert-OH is 1. The van der Waals surface area contributed by atoms with Crippen molar-refractivity contribution in [2.75, 3.05) is 19.7 Å². The van der Waals surface area contributed by atoms with Crippen molar-refractivity contribution in [2.24, 2.45) is 5.41 Å². The summed E-state index contributed by atoms with van der Waals surface area (Å²) in [7, 11) is 0. The summed E-state index contributed by atoms with van der Waals surface area (Å²) in [4.78, 5) is 25.6. The van der Waals surface area contributed by atoms with Crippen LogP contribution in [-0.4, -0.2) is 58.4 Å². The Morgan fingerprint density at radius 3 is 2.33 bits per heavy atom. The lowest BCUT2D eigenvalue weighted by atomic mass is 9.78. The molecule has 1 unspecified atom stereocenters. The van der Waals surface area contributed by atoms with E-state index in [0.29, 0.717) is 25.9 Å². The number of carboxylic acid groups (broad SMARTS) is 1. The highest BCUT2D eigenvalue weighted by Crippen LogP contribution is 2.33. The van der Waals surface area contributed by atoms with Crippen LogP contribution in [0.1, 0.15) is 47.0 Å². The molecule has 6 nitrogen and oxygen atoms in total. The molecular weight excluding hydrogens is 274 g/mol. The number of hydrogen-bond donors (Lipinski definition) is 2. The Morgan fingerprint density at radius 1 is 1.33 bits per heavy atom. The van der Waals surface area contributed by atoms with E-state index in [2.05, 4.69) is 0 Å². The standard InChI is InChI=1S/C15H27NO5/c1-5-15(6-2,13(19)20)7-12(18)16-8-11(9-17)21-14(3,4)10-16/h11,17H,5-10H2,1-4H3,(H,19,20). The second kappa shape index (κ2) is 6.75. The number of nitrogens with zero attached hydrogens (tertiary/aromatic N) is 1. The monoisotopic (exact) mass is 301 g/mol. The van der Waals surface area contributed by atoms with Gasteiger partial charge in [0.2, 0.25) is 5.91 Å². The number of carbonyl (C=O) groups excluding carboxylic acids is 1. The average Bonchev–Trinajstić information content (AvgIpc) is 2.42. The van der Waals surface area contributed by atoms with E-state index in [9.17, 15) is 19.8 Å². The first-order chi connectivity index (χ1) is 9.69. The van der Waals surface area contributed by atoms with Crippen LogP contribution in [0.3, 0.4) is 0 Å². The molecule has 1 aliphatic rings. The van der Waals surface area contributed by atoms with Gasteiger partial charge in [-0.2, -0.15) is 0 Å². The Hall–Kier alpha value is -1.14. The molecule has 6 heteroatoms. The molecule has 2 N–H and O–H groups in total. The van der Waals surface area contributed by atoms with Crippen LogP contribution in [0.5, 0.6) is 0 Å². The number of rotatable bonds is 6. The minimum absolute atomic E-state index is 0.0104. The third-order valence-corrected chi connectivity index (χ3v) is 4.33. The van der Waals surface area contributed by atoms with Gasteiger partial charge in [0.05, 0.1) is 23.7 Å². The summed E-state index contributed by atoms with van der Waals surface area (Å²) in [6, 6.07) is 0. The molecule has 1 amide bonds. The smallest absolute Gasteiger partial charge is 0.310 e. The van der Waals surface area contributed by atoms with Gasteiger partial charge >= 0.3 is 5.97 Å². The highest BCUT2D eigenvalue weighted by Gasteiger charge is 2.41. The summed E-state index contributed by atoms with van der Waals surface area (Å²) in [5.74, 6) is -1.11. The Bertz CT molecular complexity index is 390. The minimum atomic E-state index is -1.01. The Balaban J connectivity index is 2.84. The third kappa shape index (κ3) is 4.17. The maximum Gasteiger partial charge on any atom is 0.310 e. The zero-order chi connectivity index (χ0) is 16.3. The van der Waals surface area contributed by atoms with E-state index in [4.69, 9.17) is 4.74 Å². The lowest BCUT2D eigenvalue weighted by Gasteiger charge is -2.43. The molecule has 0 saturated carbocycles. The number of aliphatic hydroxyl groups is 1. The lowest BCUT2D eigenvalue weighted by Crippen LogP contribution is -2.56. The molecule has 1 saturated heterocycles. The number of carboxylic acids is 1. The van der Waals surface area contributed by atoms with Crippen LogP contribution in [-0.2, 0) is 14.3 Å². The van der Waals surface area contributed by atoms with Crippen molar-refractivity contribution >= 4 is 11.9 Å². The topological polar surface area (TPSA) is 87.1 Å². The molecule has 0 bridgehead atoms. The summed E-state index contributed by atoms with van der Waals surface area (Å²) in [5, 5.41) is 18.7. The number of carbonyl (C=O) groups is 2. The summed E-state index contributed by atoms with van der Waals surface area (Å²) < 4.78 is 5.67. The van der Waals surface area contributed by atoms with E-state index < -0.39 is 23.1 Å². The van der Waals surface area contributed by atoms with E-state index in [1.165, 1.54) is 0 Å². The molecule has 0 spiro atoms. The molecule has 122 valence electrons. The van der Waals surface area contributed by atoms with Gasteiger partial charge < -0.3 is 19.8 Å². The van der Waals surface area contributed by atoms with Gasteiger partial charge in [0.15, 0.2) is 0 Å². The van der Waals surface area contributed by atoms with Gasteiger partial charge in [-0.1, -0.05) is 13.8 Å². The predicted molar refractivity (Wildman–Crippen MR) is 77.9 cm³/mol. The second-order valence-corrected chi connectivity index (χ2v) is 6.43. The quantitative estimate of drug-likeness (QED) is 0.771. The lowest BCUT2D eigenvalue weighted by molar-refractivity contribution is -0.171. The van der Waals surface area contributed by atoms with Gasteiger partial charge in [0.25, 0.3) is 0 Å². The van der Waals surface area contributed by atoms with Crippen molar-refractivity contribution < 1.29 is 24.5 Å². The van der Waals surface area contributed by atoms with E-state index in [0.717, 1.165) is 0 Å². The van der Waals surface area contributed by atoms with Crippen molar-refractivity contribution in [1.82, 2.24) is 4.90 Å². The zero-order valence-corrected chi connectivity index (χ0v) is 13.4. The average molecular weight is 301 g/mol. The first-order valence-electron chi connectivity index (χ1n) is 7.49. The van der Waals surface area contributed by atoms with Crippen LogP contribution in [0.15, 0.2) is 0 Å². The fourth-order valence-corrected chi connectivity index (χ4v) is 2.86. The second-order valence-electron chi connectivity index (χ2n) is 6.43. The van der Waals surface area contributed by atoms with Crippen molar-refractivity contribution in [3.05, 3.63) is 0 Å². The predicted octanol–water partition coefficient (Wildman–Crippen LogP) is 1.27. The number of ether oxygens (including phenoxy) is 1. The Labute approximate surface area is 126 Å². The van der Waals surface area contributed by atoms with Crippen LogP contribution in [0.4, 0.5) is 0 Å². The van der Waals surface area contributed by atoms with Gasteiger partial charge in [-0.15, -0.1) is 0 Å². The first-order valence-corrected chi connectivity index (χ1v) is 7.49. The largest absolute Gasteiger partial charge is 0.481 e. The fraction of sp³-hybridized carbons (Fsp3) is 0.867. The van der Waals surface area contributed by atoms with Gasteiger partial charge in [-0.3, -0.25) is 9.59 Å². The van der Waals surface area contributed by atoms with Gasteiger partial charge in [-0.05, 0) is 26.7 Å². The highest BCUT2D eigenvalue weighted by molar-refractivity contribution is 5.85. The summed E-state index contributed by atoms with van der Waals surface area (Å²) in [6.45, 7) is 7.87. The molecule has 1 rings (SSSR count). The molecule has 0 aliphatic carbocycles. The molecule has 1 atom stereocenters. The van der Waals surface area contributed by atoms with E-state index in [1.807, 2.05) is 13.8 Å². The number of amides is 1. The SMILES string of the molecule is CCC(CC)(CC(=O)N1CC(CO)OC(C)(C)C1)C(=O)O. The fourth-order valence-electron chi connectivity index (χ4n) is 2.86. The van der Waals surface area contributed by atoms with Crippen LogP contribution >= 0.6 is 0 Å². The van der Waals surface area contributed by atoms with Gasteiger partial charge in [-0.25, -0.2) is 0 Å². The Kier molecular flexibility index (Phi) is 5.75. The van der Waals surface area contributed by atoms with E-state index in [1.54, 1.807) is 18.7 Å². The van der Waals surface area contributed by atoms with E-state index in [-0.39, 0.29) is 18.9 Å². The van der Waals surface area contributed by atoms with Gasteiger partial charge in [0.1, 0.15) is 0 Å². The van der Waals surface area contributed by atoms with Crippen molar-refractivity contribution in [2.45, 2.75) is 58.7 Å². The molecule has 1 heterocycles. The Morgan fingerprint density at radius 2 is 1.90 bits per heavy atom. The number of aliphatic carboxylic acids is 1. The summed E-state index contributed by atoms with van der Waals surface area (Å²) >= 11 is 0. The van der Waals surface area contributed by atoms with Crippen LogP contribution < -0.4 is 0 Å². The van der Waals surface area contributed by atoms with Gasteiger partial charge in [0, 0.05) is 19.5 Å². The molecule has 1 fully saturated rings. The van der Waals surface area contributed by atoms with Crippen molar-refractivity contribution in [3.63, 3.8) is 0 Å². The van der Waals surface area contributed by atoms with Crippen molar-refractivity contribution in [3.8, 4) is 0 Å². The third-order valence-electron chi connectivity index (χ3n) is 4.33. The zero-order valence-electron chi connectivity index (χ0n) is 13.4.